The zero-order valence-electron chi connectivity index (χ0n) is 21.3. The molecular formula is C26H37NO8S. The van der Waals surface area contributed by atoms with Crippen molar-refractivity contribution in [3.8, 4) is 0 Å². The molecule has 200 valence electrons. The fourth-order valence-electron chi connectivity index (χ4n) is 8.24. The molecule has 9 nitrogen and oxygen atoms in total. The lowest BCUT2D eigenvalue weighted by atomic mass is 9.36. The van der Waals surface area contributed by atoms with E-state index in [1.165, 1.54) is 0 Å². The van der Waals surface area contributed by atoms with Crippen LogP contribution >= 0.6 is 0 Å². The summed E-state index contributed by atoms with van der Waals surface area (Å²) < 4.78 is 40.4. The standard InChI is InChI=1S/C26H37NO8S/c1-17-18-5-8-26(22(17)29)20(13-18)25(16-34-23(30)27-9-11-33-12-10-27)7-4-6-24(2,15-35-36(3,31)32)19(25)14-21(26)28/h18-20H,1,4-16H2,2-3H3/t18-,19?,20?,24-,25-,26+/m0/s1. The van der Waals surface area contributed by atoms with Crippen LogP contribution in [0, 0.1) is 34.0 Å². The highest BCUT2D eigenvalue weighted by Crippen LogP contribution is 2.70. The lowest BCUT2D eigenvalue weighted by Crippen LogP contribution is -2.69. The molecule has 10 heteroatoms. The monoisotopic (exact) mass is 523 g/mol. The number of morpholine rings is 1. The minimum Gasteiger partial charge on any atom is -0.449 e. The highest BCUT2D eigenvalue weighted by Gasteiger charge is 2.72. The van der Waals surface area contributed by atoms with Gasteiger partial charge < -0.3 is 14.4 Å². The van der Waals surface area contributed by atoms with Crippen LogP contribution in [0.25, 0.3) is 0 Å². The summed E-state index contributed by atoms with van der Waals surface area (Å²) in [5, 5.41) is 0. The fraction of sp³-hybridized carbons (Fsp3) is 0.808. The molecule has 1 amide bonds. The Balaban J connectivity index is 1.53. The molecule has 6 aliphatic rings. The fourth-order valence-corrected chi connectivity index (χ4v) is 8.73. The summed E-state index contributed by atoms with van der Waals surface area (Å²) in [7, 11) is -3.68. The minimum absolute atomic E-state index is 0.0307. The van der Waals surface area contributed by atoms with E-state index in [0.717, 1.165) is 19.1 Å². The zero-order chi connectivity index (χ0) is 25.9. The number of carbonyl (C=O) groups excluding carboxylic acids is 3. The molecule has 0 aromatic carbocycles. The minimum atomic E-state index is -3.68. The number of ether oxygens (including phenoxy) is 2. The number of hydrogen-bond donors (Lipinski definition) is 0. The molecule has 1 heterocycles. The van der Waals surface area contributed by atoms with Gasteiger partial charge in [-0.1, -0.05) is 19.9 Å². The summed E-state index contributed by atoms with van der Waals surface area (Å²) in [5.41, 5.74) is -1.77. The normalized spacial score (nSPS) is 40.6. The van der Waals surface area contributed by atoms with Crippen LogP contribution < -0.4 is 0 Å². The Labute approximate surface area is 213 Å². The molecule has 0 aromatic rings. The van der Waals surface area contributed by atoms with Crippen molar-refractivity contribution in [3.05, 3.63) is 12.2 Å². The number of Topliss-reactive ketones (excluding diaryl/α,β-unsaturated/α-hetero) is 2. The lowest BCUT2D eigenvalue weighted by Gasteiger charge is -2.66. The first kappa shape index (κ1) is 25.9. The number of fused-ring (bicyclic) bond motifs is 3. The largest absolute Gasteiger partial charge is 0.449 e. The van der Waals surface area contributed by atoms with Crippen molar-refractivity contribution in [3.63, 3.8) is 0 Å². The molecule has 1 aliphatic heterocycles. The zero-order valence-corrected chi connectivity index (χ0v) is 22.1. The van der Waals surface area contributed by atoms with Crippen LogP contribution in [0.3, 0.4) is 0 Å². The third kappa shape index (κ3) is 3.95. The Bertz CT molecular complexity index is 1080. The number of hydrogen-bond acceptors (Lipinski definition) is 8. The van der Waals surface area contributed by atoms with Gasteiger partial charge in [-0.3, -0.25) is 13.8 Å². The molecule has 2 bridgehead atoms. The van der Waals surface area contributed by atoms with Gasteiger partial charge in [0, 0.05) is 24.9 Å². The second kappa shape index (κ2) is 8.91. The van der Waals surface area contributed by atoms with Crippen molar-refractivity contribution in [2.24, 2.45) is 34.0 Å². The Kier molecular flexibility index (Phi) is 6.40. The van der Waals surface area contributed by atoms with E-state index < -0.39 is 32.5 Å². The molecule has 6 rings (SSSR count). The summed E-state index contributed by atoms with van der Waals surface area (Å²) in [6, 6.07) is 0. The molecule has 1 saturated heterocycles. The second-order valence-corrected chi connectivity index (χ2v) is 13.5. The highest BCUT2D eigenvalue weighted by molar-refractivity contribution is 7.85. The Morgan fingerprint density at radius 2 is 1.86 bits per heavy atom. The van der Waals surface area contributed by atoms with Gasteiger partial charge in [-0.2, -0.15) is 8.42 Å². The summed E-state index contributed by atoms with van der Waals surface area (Å²) in [5.74, 6) is -0.686. The van der Waals surface area contributed by atoms with Crippen LogP contribution in [-0.4, -0.2) is 76.8 Å². The molecule has 6 fully saturated rings. The van der Waals surface area contributed by atoms with E-state index in [0.29, 0.717) is 57.6 Å². The molecule has 5 aliphatic carbocycles. The van der Waals surface area contributed by atoms with Crippen molar-refractivity contribution < 1.29 is 36.5 Å². The van der Waals surface area contributed by atoms with E-state index in [2.05, 4.69) is 6.58 Å². The molecule has 1 spiro atoms. The Morgan fingerprint density at radius 3 is 2.56 bits per heavy atom. The Hall–Kier alpha value is -1.78. The van der Waals surface area contributed by atoms with E-state index in [-0.39, 0.29) is 49.0 Å². The van der Waals surface area contributed by atoms with Gasteiger partial charge in [-0.05, 0) is 60.8 Å². The summed E-state index contributed by atoms with van der Waals surface area (Å²) >= 11 is 0. The molecular weight excluding hydrogens is 486 g/mol. The summed E-state index contributed by atoms with van der Waals surface area (Å²) in [6.07, 6.45) is 4.92. The van der Waals surface area contributed by atoms with Crippen LogP contribution in [0.4, 0.5) is 4.79 Å². The summed E-state index contributed by atoms with van der Waals surface area (Å²) in [4.78, 5) is 42.2. The van der Waals surface area contributed by atoms with E-state index >= 15 is 0 Å². The first-order chi connectivity index (χ1) is 16.9. The predicted octanol–water partition coefficient (Wildman–Crippen LogP) is 2.74. The smallest absolute Gasteiger partial charge is 0.409 e. The SMILES string of the molecule is C=C1C(=O)[C@]23CC[C@H]1CC2[C@]1(COC(=O)N2CCOCC2)CCC[C@@](C)(COS(C)(=O)=O)C1CC3=O. The number of nitrogens with zero attached hydrogens (tertiary/aromatic N) is 1. The maximum atomic E-state index is 13.9. The lowest BCUT2D eigenvalue weighted by molar-refractivity contribution is -0.200. The Morgan fingerprint density at radius 1 is 1.14 bits per heavy atom. The van der Waals surface area contributed by atoms with Crippen molar-refractivity contribution in [2.45, 2.75) is 51.9 Å². The molecule has 2 unspecified atom stereocenters. The van der Waals surface area contributed by atoms with Gasteiger partial charge in [0.25, 0.3) is 10.1 Å². The number of amides is 1. The van der Waals surface area contributed by atoms with Gasteiger partial charge in [0.2, 0.25) is 0 Å². The maximum absolute atomic E-state index is 13.9. The van der Waals surface area contributed by atoms with E-state index in [1.54, 1.807) is 4.90 Å². The molecule has 5 saturated carbocycles. The predicted molar refractivity (Wildman–Crippen MR) is 129 cm³/mol. The van der Waals surface area contributed by atoms with Crippen molar-refractivity contribution in [2.75, 3.05) is 45.8 Å². The average Bonchev–Trinajstić information content (AvgIpc) is 2.85. The number of rotatable bonds is 5. The quantitative estimate of drug-likeness (QED) is 0.307. The molecule has 6 atom stereocenters. The maximum Gasteiger partial charge on any atom is 0.409 e. The number of carbonyl (C=O) groups is 3. The third-order valence-corrected chi connectivity index (χ3v) is 10.6. The van der Waals surface area contributed by atoms with Gasteiger partial charge in [0.15, 0.2) is 5.78 Å². The van der Waals surface area contributed by atoms with Crippen LogP contribution in [0.1, 0.15) is 51.9 Å². The molecule has 36 heavy (non-hydrogen) atoms. The van der Waals surface area contributed by atoms with E-state index in [9.17, 15) is 22.8 Å². The van der Waals surface area contributed by atoms with Gasteiger partial charge in [0.1, 0.15) is 5.78 Å². The topological polar surface area (TPSA) is 116 Å². The van der Waals surface area contributed by atoms with Crippen LogP contribution in [0.15, 0.2) is 12.2 Å². The second-order valence-electron chi connectivity index (χ2n) is 11.9. The van der Waals surface area contributed by atoms with Crippen LogP contribution in [0.5, 0.6) is 0 Å². The van der Waals surface area contributed by atoms with Crippen molar-refractivity contribution in [1.29, 1.82) is 0 Å². The van der Waals surface area contributed by atoms with Gasteiger partial charge >= 0.3 is 6.09 Å². The van der Waals surface area contributed by atoms with Crippen LogP contribution in [-0.2, 0) is 33.4 Å². The average molecular weight is 524 g/mol. The van der Waals surface area contributed by atoms with E-state index in [1.807, 2.05) is 6.92 Å². The summed E-state index contributed by atoms with van der Waals surface area (Å²) in [6.45, 7) is 7.94. The van der Waals surface area contributed by atoms with Gasteiger partial charge in [0.05, 0.1) is 38.1 Å². The van der Waals surface area contributed by atoms with Gasteiger partial charge in [-0.25, -0.2) is 4.79 Å². The first-order valence-corrected chi connectivity index (χ1v) is 14.9. The number of allylic oxidation sites excluding steroid dienone is 1. The van der Waals surface area contributed by atoms with Crippen LogP contribution in [0.2, 0.25) is 0 Å². The third-order valence-electron chi connectivity index (χ3n) is 10.0. The molecule has 0 aromatic heterocycles. The first-order valence-electron chi connectivity index (χ1n) is 13.0. The van der Waals surface area contributed by atoms with E-state index in [4.69, 9.17) is 13.7 Å². The molecule has 0 radical (unpaired) electrons. The van der Waals surface area contributed by atoms with Gasteiger partial charge in [-0.15, -0.1) is 0 Å². The number of ketones is 2. The van der Waals surface area contributed by atoms with Crippen molar-refractivity contribution in [1.82, 2.24) is 4.90 Å². The highest BCUT2D eigenvalue weighted by atomic mass is 32.2. The van der Waals surface area contributed by atoms with Crippen molar-refractivity contribution >= 4 is 27.8 Å². The molecule has 0 N–H and O–H groups in total.